The Morgan fingerprint density at radius 3 is 2.72 bits per heavy atom. The standard InChI is InChI=1S/C23H29NO4S/c1-26-20-11-10-17(14-22(20)28-16-19-8-5-13-29-19)15-24(18-6-2-3-7-18)23(25)21-9-4-12-27-21/h5,8,10-11,13-14,18,21H,2-4,6-7,9,12,15-16H2,1H3/t21-/m1/s1. The number of benzene rings is 1. The zero-order valence-electron chi connectivity index (χ0n) is 17.0. The number of ether oxygens (including phenoxy) is 3. The highest BCUT2D eigenvalue weighted by Gasteiger charge is 2.33. The monoisotopic (exact) mass is 415 g/mol. The molecule has 1 aliphatic heterocycles. The maximum Gasteiger partial charge on any atom is 0.252 e. The molecule has 0 bridgehead atoms. The summed E-state index contributed by atoms with van der Waals surface area (Å²) in [5.74, 6) is 1.57. The number of amides is 1. The van der Waals surface area contributed by atoms with Crippen molar-refractivity contribution in [1.29, 1.82) is 0 Å². The summed E-state index contributed by atoms with van der Waals surface area (Å²) in [6.45, 7) is 1.79. The number of thiophene rings is 1. The van der Waals surface area contributed by atoms with Gasteiger partial charge in [-0.2, -0.15) is 0 Å². The average Bonchev–Trinajstić information content (AvgIpc) is 3.52. The van der Waals surface area contributed by atoms with Gasteiger partial charge in [0.25, 0.3) is 5.91 Å². The lowest BCUT2D eigenvalue weighted by Gasteiger charge is -2.31. The summed E-state index contributed by atoms with van der Waals surface area (Å²) >= 11 is 1.67. The fourth-order valence-corrected chi connectivity index (χ4v) is 4.85. The Kier molecular flexibility index (Phi) is 6.72. The van der Waals surface area contributed by atoms with Crippen LogP contribution in [0.1, 0.15) is 49.0 Å². The van der Waals surface area contributed by atoms with Crippen molar-refractivity contribution in [3.63, 3.8) is 0 Å². The third-order valence-electron chi connectivity index (χ3n) is 5.78. The molecule has 4 rings (SSSR count). The Bertz CT molecular complexity index is 795. The van der Waals surface area contributed by atoms with Crippen molar-refractivity contribution in [2.75, 3.05) is 13.7 Å². The molecule has 1 saturated heterocycles. The Labute approximate surface area is 176 Å². The zero-order chi connectivity index (χ0) is 20.1. The van der Waals surface area contributed by atoms with E-state index < -0.39 is 0 Å². The van der Waals surface area contributed by atoms with E-state index in [1.165, 1.54) is 17.7 Å². The van der Waals surface area contributed by atoms with E-state index in [2.05, 4.69) is 6.07 Å². The minimum Gasteiger partial charge on any atom is -0.493 e. The van der Waals surface area contributed by atoms with Gasteiger partial charge >= 0.3 is 0 Å². The van der Waals surface area contributed by atoms with Crippen LogP contribution in [0.2, 0.25) is 0 Å². The van der Waals surface area contributed by atoms with Crippen LogP contribution in [0.3, 0.4) is 0 Å². The van der Waals surface area contributed by atoms with E-state index in [4.69, 9.17) is 14.2 Å². The molecule has 2 fully saturated rings. The molecule has 1 aromatic carbocycles. The lowest BCUT2D eigenvalue weighted by atomic mass is 10.1. The van der Waals surface area contributed by atoms with Gasteiger partial charge in [-0.05, 0) is 54.8 Å². The predicted octanol–water partition coefficient (Wildman–Crippen LogP) is 4.79. The smallest absolute Gasteiger partial charge is 0.252 e. The van der Waals surface area contributed by atoms with Crippen molar-refractivity contribution < 1.29 is 19.0 Å². The molecule has 0 N–H and O–H groups in total. The van der Waals surface area contributed by atoms with Crippen LogP contribution in [0.4, 0.5) is 0 Å². The van der Waals surface area contributed by atoms with Gasteiger partial charge in [0.05, 0.1) is 7.11 Å². The Morgan fingerprint density at radius 1 is 1.17 bits per heavy atom. The first-order chi connectivity index (χ1) is 14.2. The molecule has 1 aromatic heterocycles. The second-order valence-corrected chi connectivity index (χ2v) is 8.79. The highest BCUT2D eigenvalue weighted by Crippen LogP contribution is 2.32. The first kappa shape index (κ1) is 20.2. The molecule has 1 atom stereocenters. The van der Waals surface area contributed by atoms with E-state index in [1.54, 1.807) is 18.4 Å². The molecule has 0 spiro atoms. The number of hydrogen-bond acceptors (Lipinski definition) is 5. The Balaban J connectivity index is 1.51. The summed E-state index contributed by atoms with van der Waals surface area (Å²) in [6.07, 6.45) is 6.07. The van der Waals surface area contributed by atoms with Gasteiger partial charge in [0.1, 0.15) is 12.7 Å². The molecule has 2 heterocycles. The molecule has 2 aliphatic rings. The number of methoxy groups -OCH3 is 1. The van der Waals surface area contributed by atoms with Crippen LogP contribution in [0.5, 0.6) is 11.5 Å². The minimum absolute atomic E-state index is 0.145. The van der Waals surface area contributed by atoms with Gasteiger partial charge in [-0.3, -0.25) is 4.79 Å². The predicted molar refractivity (Wildman–Crippen MR) is 113 cm³/mol. The third kappa shape index (κ3) is 4.93. The molecule has 1 saturated carbocycles. The van der Waals surface area contributed by atoms with Crippen LogP contribution < -0.4 is 9.47 Å². The molecule has 6 heteroatoms. The van der Waals surface area contributed by atoms with Gasteiger partial charge in [-0.15, -0.1) is 11.3 Å². The van der Waals surface area contributed by atoms with Crippen LogP contribution in [0.25, 0.3) is 0 Å². The Morgan fingerprint density at radius 2 is 2.03 bits per heavy atom. The van der Waals surface area contributed by atoms with Gasteiger partial charge in [-0.25, -0.2) is 0 Å². The highest BCUT2D eigenvalue weighted by molar-refractivity contribution is 7.09. The normalized spacial score (nSPS) is 19.4. The van der Waals surface area contributed by atoms with Crippen molar-refractivity contribution in [3.05, 3.63) is 46.2 Å². The molecular formula is C23H29NO4S. The quantitative estimate of drug-likeness (QED) is 0.622. The topological polar surface area (TPSA) is 48.0 Å². The maximum absolute atomic E-state index is 13.2. The van der Waals surface area contributed by atoms with E-state index in [-0.39, 0.29) is 12.0 Å². The van der Waals surface area contributed by atoms with Crippen LogP contribution in [0, 0.1) is 0 Å². The molecule has 5 nitrogen and oxygen atoms in total. The molecule has 156 valence electrons. The summed E-state index contributed by atoms with van der Waals surface area (Å²) in [5.41, 5.74) is 1.06. The first-order valence-electron chi connectivity index (χ1n) is 10.5. The van der Waals surface area contributed by atoms with E-state index in [1.807, 2.05) is 34.5 Å². The lowest BCUT2D eigenvalue weighted by molar-refractivity contribution is -0.144. The molecule has 0 radical (unpaired) electrons. The van der Waals surface area contributed by atoms with Crippen LogP contribution in [-0.2, 0) is 22.7 Å². The van der Waals surface area contributed by atoms with Crippen molar-refractivity contribution in [2.45, 2.75) is 63.8 Å². The van der Waals surface area contributed by atoms with E-state index in [9.17, 15) is 4.79 Å². The van der Waals surface area contributed by atoms with Gasteiger partial charge in [-0.1, -0.05) is 25.0 Å². The summed E-state index contributed by atoms with van der Waals surface area (Å²) in [6, 6.07) is 10.4. The summed E-state index contributed by atoms with van der Waals surface area (Å²) in [4.78, 5) is 16.4. The molecular weight excluding hydrogens is 386 g/mol. The molecule has 29 heavy (non-hydrogen) atoms. The van der Waals surface area contributed by atoms with Crippen molar-refractivity contribution in [1.82, 2.24) is 4.90 Å². The number of carbonyl (C=O) groups is 1. The lowest BCUT2D eigenvalue weighted by Crippen LogP contribution is -2.44. The molecule has 2 aromatic rings. The number of rotatable bonds is 8. The maximum atomic E-state index is 13.2. The highest BCUT2D eigenvalue weighted by atomic mass is 32.1. The van der Waals surface area contributed by atoms with E-state index in [0.29, 0.717) is 37.3 Å². The van der Waals surface area contributed by atoms with Gasteiger partial charge in [0, 0.05) is 24.1 Å². The molecule has 1 amide bonds. The fraction of sp³-hybridized carbons (Fsp3) is 0.522. The second-order valence-electron chi connectivity index (χ2n) is 7.76. The average molecular weight is 416 g/mol. The van der Waals surface area contributed by atoms with Gasteiger partial charge in [0.15, 0.2) is 11.5 Å². The SMILES string of the molecule is COc1ccc(CN(C(=O)[C@H]2CCCO2)C2CCCC2)cc1OCc1cccs1. The van der Waals surface area contributed by atoms with Crippen molar-refractivity contribution in [2.24, 2.45) is 0 Å². The van der Waals surface area contributed by atoms with Crippen LogP contribution in [-0.4, -0.2) is 36.7 Å². The van der Waals surface area contributed by atoms with Crippen LogP contribution >= 0.6 is 11.3 Å². The van der Waals surface area contributed by atoms with Crippen LogP contribution in [0.15, 0.2) is 35.7 Å². The first-order valence-corrected chi connectivity index (χ1v) is 11.4. The molecule has 0 unspecified atom stereocenters. The fourth-order valence-electron chi connectivity index (χ4n) is 4.23. The second kappa shape index (κ2) is 9.63. The minimum atomic E-state index is -0.275. The third-order valence-corrected chi connectivity index (χ3v) is 6.63. The number of carbonyl (C=O) groups excluding carboxylic acids is 1. The van der Waals surface area contributed by atoms with Gasteiger partial charge < -0.3 is 19.1 Å². The zero-order valence-corrected chi connectivity index (χ0v) is 17.8. The van der Waals surface area contributed by atoms with E-state index >= 15 is 0 Å². The largest absolute Gasteiger partial charge is 0.493 e. The number of hydrogen-bond donors (Lipinski definition) is 0. The molecule has 1 aliphatic carbocycles. The van der Waals surface area contributed by atoms with Crippen molar-refractivity contribution >= 4 is 17.2 Å². The van der Waals surface area contributed by atoms with E-state index in [0.717, 1.165) is 31.2 Å². The summed E-state index contributed by atoms with van der Waals surface area (Å²) in [7, 11) is 1.65. The summed E-state index contributed by atoms with van der Waals surface area (Å²) < 4.78 is 17.2. The Hall–Kier alpha value is -2.05. The van der Waals surface area contributed by atoms with Gasteiger partial charge in [0.2, 0.25) is 0 Å². The summed E-state index contributed by atoms with van der Waals surface area (Å²) in [5, 5.41) is 2.04. The number of nitrogens with zero attached hydrogens (tertiary/aromatic N) is 1. The van der Waals surface area contributed by atoms with Crippen molar-refractivity contribution in [3.8, 4) is 11.5 Å².